The first-order valence-corrected chi connectivity index (χ1v) is 10.2. The summed E-state index contributed by atoms with van der Waals surface area (Å²) in [6.07, 6.45) is 1.75. The fraction of sp³-hybridized carbons (Fsp3) is 0.316. The lowest BCUT2D eigenvalue weighted by atomic mass is 10.2. The van der Waals surface area contributed by atoms with Crippen molar-refractivity contribution < 1.29 is 27.1 Å². The highest BCUT2D eigenvalue weighted by Gasteiger charge is 2.22. The summed E-state index contributed by atoms with van der Waals surface area (Å²) in [4.78, 5) is 11.7. The minimum absolute atomic E-state index is 0.0505. The van der Waals surface area contributed by atoms with Crippen LogP contribution < -0.4 is 14.8 Å². The van der Waals surface area contributed by atoms with Gasteiger partial charge in [0, 0.05) is 24.4 Å². The molecule has 28 heavy (non-hydrogen) atoms. The lowest BCUT2D eigenvalue weighted by molar-refractivity contribution is 0.0857. The number of sulfonamides is 1. The number of ether oxygens (including phenoxy) is 2. The van der Waals surface area contributed by atoms with Crippen LogP contribution in [0.4, 0.5) is 10.1 Å². The van der Waals surface area contributed by atoms with Crippen molar-refractivity contribution in [3.05, 3.63) is 53.8 Å². The van der Waals surface area contributed by atoms with Crippen molar-refractivity contribution in [3.8, 4) is 5.75 Å². The van der Waals surface area contributed by atoms with Crippen molar-refractivity contribution in [3.63, 3.8) is 0 Å². The third kappa shape index (κ3) is 4.79. The van der Waals surface area contributed by atoms with Gasteiger partial charge in [0.05, 0.1) is 13.2 Å². The Kier molecular flexibility index (Phi) is 6.15. The molecule has 7 nitrogen and oxygen atoms in total. The predicted molar refractivity (Wildman–Crippen MR) is 102 cm³/mol. The molecule has 0 unspecified atom stereocenters. The molecule has 0 bridgehead atoms. The number of rotatable bonds is 7. The highest BCUT2D eigenvalue weighted by Crippen LogP contribution is 2.22. The fourth-order valence-electron chi connectivity index (χ4n) is 2.83. The number of carbonyl (C=O) groups is 1. The topological polar surface area (TPSA) is 93.7 Å². The van der Waals surface area contributed by atoms with Crippen molar-refractivity contribution in [1.29, 1.82) is 0 Å². The van der Waals surface area contributed by atoms with Crippen LogP contribution in [-0.4, -0.2) is 40.7 Å². The van der Waals surface area contributed by atoms with Crippen molar-refractivity contribution in [1.82, 2.24) is 5.32 Å². The number of carbonyl (C=O) groups excluding carboxylic acids is 1. The smallest absolute Gasteiger partial charge is 0.264 e. The maximum absolute atomic E-state index is 14.2. The summed E-state index contributed by atoms with van der Waals surface area (Å²) in [5.74, 6) is -0.882. The first-order chi connectivity index (χ1) is 13.4. The second kappa shape index (κ2) is 8.57. The molecule has 1 atom stereocenters. The number of hydrogen-bond acceptors (Lipinski definition) is 5. The van der Waals surface area contributed by atoms with Crippen molar-refractivity contribution in [2.45, 2.75) is 23.8 Å². The average molecular weight is 408 g/mol. The van der Waals surface area contributed by atoms with E-state index in [2.05, 4.69) is 10.0 Å². The van der Waals surface area contributed by atoms with Crippen molar-refractivity contribution in [2.75, 3.05) is 25.0 Å². The van der Waals surface area contributed by atoms with E-state index in [1.165, 1.54) is 25.3 Å². The summed E-state index contributed by atoms with van der Waals surface area (Å²) in [5.41, 5.74) is 0.294. The lowest BCUT2D eigenvalue weighted by Crippen LogP contribution is -2.32. The molecule has 3 rings (SSSR count). The number of benzene rings is 2. The zero-order valence-electron chi connectivity index (χ0n) is 15.3. The first kappa shape index (κ1) is 20.1. The van der Waals surface area contributed by atoms with Crippen molar-refractivity contribution >= 4 is 21.6 Å². The van der Waals surface area contributed by atoms with Gasteiger partial charge in [-0.25, -0.2) is 12.8 Å². The molecule has 0 saturated carbocycles. The Labute approximate surface area is 162 Å². The van der Waals surface area contributed by atoms with Gasteiger partial charge in [-0.05, 0) is 55.3 Å². The monoisotopic (exact) mass is 408 g/mol. The number of methoxy groups -OCH3 is 1. The molecule has 0 aliphatic carbocycles. The molecule has 1 aliphatic rings. The van der Waals surface area contributed by atoms with Crippen LogP contribution >= 0.6 is 0 Å². The van der Waals surface area contributed by atoms with Gasteiger partial charge >= 0.3 is 0 Å². The molecule has 0 aromatic heterocycles. The molecule has 0 spiro atoms. The molecule has 1 amide bonds. The fourth-order valence-corrected chi connectivity index (χ4v) is 4.00. The molecule has 2 N–H and O–H groups in total. The molecule has 1 aliphatic heterocycles. The summed E-state index contributed by atoms with van der Waals surface area (Å²) in [7, 11) is -2.73. The molecular formula is C19H21FN2O5S. The Bertz CT molecular complexity index is 941. The third-order valence-corrected chi connectivity index (χ3v) is 5.74. The lowest BCUT2D eigenvalue weighted by Gasteiger charge is -2.13. The zero-order valence-corrected chi connectivity index (χ0v) is 16.1. The second-order valence-corrected chi connectivity index (χ2v) is 7.98. The van der Waals surface area contributed by atoms with E-state index in [9.17, 15) is 17.6 Å². The Hall–Kier alpha value is -2.65. The first-order valence-electron chi connectivity index (χ1n) is 8.75. The van der Waals surface area contributed by atoms with Crippen LogP contribution in [0.5, 0.6) is 5.75 Å². The van der Waals surface area contributed by atoms with E-state index in [1.807, 2.05) is 0 Å². The third-order valence-electron chi connectivity index (χ3n) is 4.34. The van der Waals surface area contributed by atoms with E-state index in [0.29, 0.717) is 18.9 Å². The number of amides is 1. The number of hydrogen-bond donors (Lipinski definition) is 2. The van der Waals surface area contributed by atoms with E-state index in [4.69, 9.17) is 9.47 Å². The molecule has 2 aromatic carbocycles. The molecule has 1 saturated heterocycles. The second-order valence-electron chi connectivity index (χ2n) is 6.32. The van der Waals surface area contributed by atoms with E-state index in [0.717, 1.165) is 25.0 Å². The zero-order chi connectivity index (χ0) is 20.1. The maximum Gasteiger partial charge on any atom is 0.264 e. The molecular weight excluding hydrogens is 387 g/mol. The predicted octanol–water partition coefficient (Wildman–Crippen LogP) is 2.54. The van der Waals surface area contributed by atoms with Gasteiger partial charge in [0.2, 0.25) is 0 Å². The van der Waals surface area contributed by atoms with Crippen LogP contribution in [0.2, 0.25) is 0 Å². The van der Waals surface area contributed by atoms with E-state index in [-0.39, 0.29) is 17.4 Å². The standard InChI is InChI=1S/C19H21FN2O5S/c1-26-15-7-5-14(6-8-15)22-28(24,25)18-11-13(4-9-17(18)20)19(23)21-12-16-3-2-10-27-16/h4-9,11,16,22H,2-3,10,12H2,1H3,(H,21,23)/t16-/m0/s1. The van der Waals surface area contributed by atoms with Gasteiger partial charge in [-0.2, -0.15) is 0 Å². The Morgan fingerprint density at radius 1 is 1.25 bits per heavy atom. The maximum atomic E-state index is 14.2. The van der Waals surface area contributed by atoms with Crippen LogP contribution in [0.1, 0.15) is 23.2 Å². The van der Waals surface area contributed by atoms with E-state index >= 15 is 0 Å². The summed E-state index contributed by atoms with van der Waals surface area (Å²) in [6, 6.07) is 9.35. The van der Waals surface area contributed by atoms with Gasteiger partial charge in [0.1, 0.15) is 16.5 Å². The molecule has 1 heterocycles. The normalized spacial score (nSPS) is 16.6. The molecule has 1 fully saturated rings. The van der Waals surface area contributed by atoms with E-state index in [1.54, 1.807) is 12.1 Å². The van der Waals surface area contributed by atoms with Gasteiger partial charge in [0.25, 0.3) is 15.9 Å². The van der Waals surface area contributed by atoms with Crippen LogP contribution in [0.15, 0.2) is 47.4 Å². The Morgan fingerprint density at radius 3 is 2.64 bits per heavy atom. The highest BCUT2D eigenvalue weighted by molar-refractivity contribution is 7.92. The van der Waals surface area contributed by atoms with Crippen LogP contribution in [0, 0.1) is 5.82 Å². The summed E-state index contributed by atoms with van der Waals surface area (Å²) < 4.78 is 52.1. The Morgan fingerprint density at radius 2 is 2.00 bits per heavy atom. The Balaban J connectivity index is 1.75. The summed E-state index contributed by atoms with van der Waals surface area (Å²) >= 11 is 0. The molecule has 0 radical (unpaired) electrons. The number of anilines is 1. The van der Waals surface area contributed by atoms with Gasteiger partial charge < -0.3 is 14.8 Å². The SMILES string of the molecule is COc1ccc(NS(=O)(=O)c2cc(C(=O)NC[C@@H]3CCCO3)ccc2F)cc1. The van der Waals surface area contributed by atoms with Gasteiger partial charge in [-0.15, -0.1) is 0 Å². The minimum Gasteiger partial charge on any atom is -0.497 e. The van der Waals surface area contributed by atoms with Crippen LogP contribution in [-0.2, 0) is 14.8 Å². The van der Waals surface area contributed by atoms with Crippen LogP contribution in [0.25, 0.3) is 0 Å². The summed E-state index contributed by atoms with van der Waals surface area (Å²) in [5, 5.41) is 2.69. The average Bonchev–Trinajstić information content (AvgIpc) is 3.20. The van der Waals surface area contributed by atoms with Gasteiger partial charge in [-0.3, -0.25) is 9.52 Å². The van der Waals surface area contributed by atoms with Crippen molar-refractivity contribution in [2.24, 2.45) is 0 Å². The molecule has 2 aromatic rings. The molecule has 150 valence electrons. The van der Waals surface area contributed by atoms with E-state index < -0.39 is 26.6 Å². The highest BCUT2D eigenvalue weighted by atomic mass is 32.2. The number of halogens is 1. The van der Waals surface area contributed by atoms with Crippen LogP contribution in [0.3, 0.4) is 0 Å². The summed E-state index contributed by atoms with van der Waals surface area (Å²) in [6.45, 7) is 0.985. The van der Waals surface area contributed by atoms with Gasteiger partial charge in [-0.1, -0.05) is 0 Å². The largest absolute Gasteiger partial charge is 0.497 e. The van der Waals surface area contributed by atoms with Gasteiger partial charge in [0.15, 0.2) is 0 Å². The quantitative estimate of drug-likeness (QED) is 0.734. The molecule has 9 heteroatoms. The minimum atomic E-state index is -4.22. The number of nitrogens with one attached hydrogen (secondary N) is 2.